The standard InChI is InChI=1S/C31H34N2O4/c1-19-18-24(37-7)16-17-25(19)28(34)26-27(20-8-12-22(13-9-20)32(5)6)33(30(36)29(26)35)23-14-10-21(11-15-23)31(2,3)4/h8-18,27,34H,1-7H3/b28-26-. The van der Waals surface area contributed by atoms with E-state index >= 15 is 0 Å². The van der Waals surface area contributed by atoms with Crippen LogP contribution in [0.25, 0.3) is 5.76 Å². The van der Waals surface area contributed by atoms with Crippen LogP contribution in [-0.2, 0) is 15.0 Å². The molecule has 1 saturated heterocycles. The molecule has 1 atom stereocenters. The molecule has 0 aromatic heterocycles. The summed E-state index contributed by atoms with van der Waals surface area (Å²) in [7, 11) is 5.47. The number of benzene rings is 3. The van der Waals surface area contributed by atoms with Crippen LogP contribution in [0.2, 0.25) is 0 Å². The monoisotopic (exact) mass is 498 g/mol. The second kappa shape index (κ2) is 9.77. The number of hydrogen-bond donors (Lipinski definition) is 1. The zero-order valence-corrected chi connectivity index (χ0v) is 22.5. The van der Waals surface area contributed by atoms with Gasteiger partial charge in [-0.3, -0.25) is 14.5 Å². The Bertz CT molecular complexity index is 1360. The van der Waals surface area contributed by atoms with Crippen LogP contribution < -0.4 is 14.5 Å². The third-order valence-electron chi connectivity index (χ3n) is 6.87. The number of ether oxygens (including phenoxy) is 1. The molecule has 6 nitrogen and oxygen atoms in total. The molecule has 0 radical (unpaired) electrons. The summed E-state index contributed by atoms with van der Waals surface area (Å²) in [4.78, 5) is 30.4. The van der Waals surface area contributed by atoms with E-state index in [9.17, 15) is 14.7 Å². The predicted octanol–water partition coefficient (Wildman–Crippen LogP) is 5.99. The van der Waals surface area contributed by atoms with Gasteiger partial charge in [0.05, 0.1) is 18.7 Å². The van der Waals surface area contributed by atoms with Crippen LogP contribution in [0.4, 0.5) is 11.4 Å². The highest BCUT2D eigenvalue weighted by molar-refractivity contribution is 6.51. The zero-order chi connectivity index (χ0) is 27.1. The van der Waals surface area contributed by atoms with E-state index in [2.05, 4.69) is 20.8 Å². The van der Waals surface area contributed by atoms with E-state index in [0.29, 0.717) is 17.0 Å². The average Bonchev–Trinajstić information content (AvgIpc) is 3.13. The first-order valence-corrected chi connectivity index (χ1v) is 12.3. The maximum absolute atomic E-state index is 13.5. The van der Waals surface area contributed by atoms with Crippen LogP contribution in [0.15, 0.2) is 72.3 Å². The van der Waals surface area contributed by atoms with Crippen molar-refractivity contribution < 1.29 is 19.4 Å². The molecule has 0 spiro atoms. The Kier molecular flexibility index (Phi) is 6.87. The largest absolute Gasteiger partial charge is 0.507 e. The van der Waals surface area contributed by atoms with Crippen LogP contribution in [0.5, 0.6) is 5.75 Å². The van der Waals surface area contributed by atoms with Gasteiger partial charge in [-0.25, -0.2) is 0 Å². The lowest BCUT2D eigenvalue weighted by molar-refractivity contribution is -0.132. The third-order valence-corrected chi connectivity index (χ3v) is 6.87. The van der Waals surface area contributed by atoms with Gasteiger partial charge in [0, 0.05) is 31.0 Å². The molecule has 1 fully saturated rings. The molecule has 1 heterocycles. The second-order valence-electron chi connectivity index (χ2n) is 10.6. The summed E-state index contributed by atoms with van der Waals surface area (Å²) in [5, 5.41) is 11.5. The predicted molar refractivity (Wildman–Crippen MR) is 148 cm³/mol. The van der Waals surface area contributed by atoms with Crippen molar-refractivity contribution in [3.8, 4) is 5.75 Å². The molecule has 192 valence electrons. The first-order chi connectivity index (χ1) is 17.4. The maximum Gasteiger partial charge on any atom is 0.300 e. The van der Waals surface area contributed by atoms with Gasteiger partial charge in [0.1, 0.15) is 11.5 Å². The fraction of sp³-hybridized carbons (Fsp3) is 0.290. The fourth-order valence-electron chi connectivity index (χ4n) is 4.66. The minimum absolute atomic E-state index is 0.0556. The smallest absolute Gasteiger partial charge is 0.300 e. The first kappa shape index (κ1) is 26.0. The Labute approximate surface area is 218 Å². The van der Waals surface area contributed by atoms with E-state index in [1.54, 1.807) is 25.3 Å². The normalized spacial score (nSPS) is 17.3. The van der Waals surface area contributed by atoms with E-state index in [4.69, 9.17) is 4.74 Å². The fourth-order valence-corrected chi connectivity index (χ4v) is 4.66. The Morgan fingerprint density at radius 3 is 2.08 bits per heavy atom. The van der Waals surface area contributed by atoms with Crippen molar-refractivity contribution in [1.29, 1.82) is 0 Å². The molecule has 1 amide bonds. The molecule has 3 aromatic carbocycles. The maximum atomic E-state index is 13.5. The minimum Gasteiger partial charge on any atom is -0.507 e. The van der Waals surface area contributed by atoms with E-state index in [-0.39, 0.29) is 16.7 Å². The number of aliphatic hydroxyl groups is 1. The number of aliphatic hydroxyl groups excluding tert-OH is 1. The number of rotatable bonds is 5. The molecule has 1 unspecified atom stereocenters. The Morgan fingerprint density at radius 1 is 0.946 bits per heavy atom. The van der Waals surface area contributed by atoms with Gasteiger partial charge in [0.25, 0.3) is 11.7 Å². The molecule has 1 N–H and O–H groups in total. The number of aryl methyl sites for hydroxylation is 1. The highest BCUT2D eigenvalue weighted by Crippen LogP contribution is 2.43. The zero-order valence-electron chi connectivity index (χ0n) is 22.5. The molecule has 1 aliphatic rings. The van der Waals surface area contributed by atoms with Crippen molar-refractivity contribution in [2.75, 3.05) is 31.0 Å². The summed E-state index contributed by atoms with van der Waals surface area (Å²) >= 11 is 0. The minimum atomic E-state index is -0.779. The Balaban J connectivity index is 1.91. The molecule has 1 aliphatic heterocycles. The number of carbonyl (C=O) groups excluding carboxylic acids is 2. The van der Waals surface area contributed by atoms with Gasteiger partial charge in [-0.2, -0.15) is 0 Å². The molecule has 3 aromatic rings. The molecule has 0 saturated carbocycles. The van der Waals surface area contributed by atoms with Gasteiger partial charge in [-0.1, -0.05) is 45.0 Å². The number of carbonyl (C=O) groups is 2. The van der Waals surface area contributed by atoms with Gasteiger partial charge >= 0.3 is 0 Å². The van der Waals surface area contributed by atoms with E-state index in [0.717, 1.165) is 22.4 Å². The number of hydrogen-bond acceptors (Lipinski definition) is 5. The van der Waals surface area contributed by atoms with Crippen molar-refractivity contribution in [2.45, 2.75) is 39.2 Å². The SMILES string of the molecule is COc1ccc(/C(O)=C2/C(=O)C(=O)N(c3ccc(C(C)(C)C)cc3)C2c2ccc(N(C)C)cc2)c(C)c1. The van der Waals surface area contributed by atoms with Crippen molar-refractivity contribution >= 4 is 28.8 Å². The van der Waals surface area contributed by atoms with Crippen molar-refractivity contribution in [1.82, 2.24) is 0 Å². The van der Waals surface area contributed by atoms with Crippen LogP contribution in [0.1, 0.15) is 49.1 Å². The molecule has 6 heteroatoms. The lowest BCUT2D eigenvalue weighted by Gasteiger charge is -2.27. The van der Waals surface area contributed by atoms with E-state index < -0.39 is 17.7 Å². The number of ketones is 1. The van der Waals surface area contributed by atoms with E-state index in [1.165, 1.54) is 4.90 Å². The quantitative estimate of drug-likeness (QED) is 0.266. The molecule has 37 heavy (non-hydrogen) atoms. The van der Waals surface area contributed by atoms with Crippen molar-refractivity contribution in [3.05, 3.63) is 94.6 Å². The molecular weight excluding hydrogens is 464 g/mol. The number of methoxy groups -OCH3 is 1. The summed E-state index contributed by atoms with van der Waals surface area (Å²) in [5.74, 6) is -0.939. The summed E-state index contributed by atoms with van der Waals surface area (Å²) in [6.45, 7) is 8.20. The summed E-state index contributed by atoms with van der Waals surface area (Å²) in [6.07, 6.45) is 0. The van der Waals surface area contributed by atoms with E-state index in [1.807, 2.05) is 74.4 Å². The number of anilines is 2. The first-order valence-electron chi connectivity index (χ1n) is 12.3. The van der Waals surface area contributed by atoms with Gasteiger partial charge < -0.3 is 14.7 Å². The lowest BCUT2D eigenvalue weighted by atomic mass is 9.87. The number of Topliss-reactive ketones (excluding diaryl/α,β-unsaturated/α-hetero) is 1. The molecule has 0 bridgehead atoms. The van der Waals surface area contributed by atoms with Crippen LogP contribution in [-0.4, -0.2) is 38.0 Å². The number of amides is 1. The number of nitrogens with zero attached hydrogens (tertiary/aromatic N) is 2. The van der Waals surface area contributed by atoms with Gasteiger partial charge in [0.2, 0.25) is 0 Å². The van der Waals surface area contributed by atoms with Crippen molar-refractivity contribution in [3.63, 3.8) is 0 Å². The highest BCUT2D eigenvalue weighted by atomic mass is 16.5. The summed E-state index contributed by atoms with van der Waals surface area (Å²) in [6, 6.07) is 19.8. The Morgan fingerprint density at radius 2 is 1.57 bits per heavy atom. The topological polar surface area (TPSA) is 70.1 Å². The van der Waals surface area contributed by atoms with Gasteiger partial charge in [-0.15, -0.1) is 0 Å². The molecule has 4 rings (SSSR count). The van der Waals surface area contributed by atoms with Crippen LogP contribution in [0.3, 0.4) is 0 Å². The van der Waals surface area contributed by atoms with Crippen LogP contribution in [0, 0.1) is 6.92 Å². The molecular formula is C31H34N2O4. The summed E-state index contributed by atoms with van der Waals surface area (Å²) in [5.41, 5.74) is 4.67. The highest BCUT2D eigenvalue weighted by Gasteiger charge is 2.47. The van der Waals surface area contributed by atoms with Crippen molar-refractivity contribution in [2.24, 2.45) is 0 Å². The summed E-state index contributed by atoms with van der Waals surface area (Å²) < 4.78 is 5.29. The lowest BCUT2D eigenvalue weighted by Crippen LogP contribution is -2.29. The molecule has 0 aliphatic carbocycles. The van der Waals surface area contributed by atoms with Gasteiger partial charge in [-0.05, 0) is 71.5 Å². The third kappa shape index (κ3) is 4.84. The average molecular weight is 499 g/mol. The second-order valence-corrected chi connectivity index (χ2v) is 10.6. The Hall–Kier alpha value is -4.06. The van der Waals surface area contributed by atoms with Gasteiger partial charge in [0.15, 0.2) is 0 Å². The van der Waals surface area contributed by atoms with Crippen LogP contribution >= 0.6 is 0 Å².